The van der Waals surface area contributed by atoms with Crippen LogP contribution in [0.15, 0.2) is 59.8 Å². The average molecular weight is 399 g/mol. The predicted octanol–water partition coefficient (Wildman–Crippen LogP) is 4.51. The Labute approximate surface area is 175 Å². The van der Waals surface area contributed by atoms with Crippen molar-refractivity contribution < 1.29 is 14.9 Å². The molecular weight excluding hydrogens is 362 g/mol. The van der Waals surface area contributed by atoms with Crippen LogP contribution in [0.5, 0.6) is 0 Å². The molecule has 5 heteroatoms. The third-order valence-corrected chi connectivity index (χ3v) is 5.66. The van der Waals surface area contributed by atoms with E-state index in [4.69, 9.17) is 0 Å². The van der Waals surface area contributed by atoms with E-state index in [2.05, 4.69) is 24.3 Å². The maximum absolute atomic E-state index is 10.8. The van der Waals surface area contributed by atoms with Crippen molar-refractivity contribution in [3.05, 3.63) is 71.3 Å². The van der Waals surface area contributed by atoms with Gasteiger partial charge < -0.3 is 10.2 Å². The van der Waals surface area contributed by atoms with E-state index in [0.29, 0.717) is 0 Å². The number of nitrogens with zero attached hydrogens (tertiary/aromatic N) is 3. The summed E-state index contributed by atoms with van der Waals surface area (Å²) >= 11 is 0. The molecule has 0 heterocycles. The molecule has 0 bridgehead atoms. The van der Waals surface area contributed by atoms with Gasteiger partial charge in [-0.1, -0.05) is 67.9 Å². The van der Waals surface area contributed by atoms with E-state index in [1.165, 1.54) is 18.4 Å². The summed E-state index contributed by atoms with van der Waals surface area (Å²) in [5, 5.41) is 27.7. The first-order chi connectivity index (χ1) is 13.8. The van der Waals surface area contributed by atoms with Gasteiger partial charge in [0.25, 0.3) is 0 Å². The number of unbranched alkanes of at least 4 members (excludes halogenated alkanes) is 1. The highest BCUT2D eigenvalue weighted by Gasteiger charge is 2.27. The minimum absolute atomic E-state index is 0.206. The molecule has 4 atom stereocenters. The normalized spacial score (nSPS) is 16.2. The molecule has 0 spiro atoms. The van der Waals surface area contributed by atoms with Gasteiger partial charge in [-0.15, -0.1) is 0 Å². The molecule has 2 aromatic carbocycles. The highest BCUT2D eigenvalue weighted by atomic mass is 16.3. The van der Waals surface area contributed by atoms with Gasteiger partial charge in [-0.05, 0) is 43.4 Å². The van der Waals surface area contributed by atoms with Gasteiger partial charge in [-0.25, -0.2) is 0 Å². The molecule has 0 aromatic heterocycles. The van der Waals surface area contributed by atoms with Crippen LogP contribution in [0.1, 0.15) is 62.5 Å². The van der Waals surface area contributed by atoms with Gasteiger partial charge in [0.05, 0.1) is 19.3 Å². The van der Waals surface area contributed by atoms with Crippen LogP contribution in [0.25, 0.3) is 0 Å². The molecule has 2 N–H and O–H groups in total. The van der Waals surface area contributed by atoms with Crippen molar-refractivity contribution >= 4 is 0 Å². The minimum Gasteiger partial charge on any atom is -0.384 e. The van der Waals surface area contributed by atoms with E-state index in [9.17, 15) is 10.2 Å². The SMILES string of the molecule is CCCCc1ccc(C(O)C(C)[N+](C)=NN(C)C(C)C(O)c2ccccc2)cc1. The molecule has 0 aliphatic rings. The van der Waals surface area contributed by atoms with E-state index in [-0.39, 0.29) is 12.1 Å². The van der Waals surface area contributed by atoms with Crippen LogP contribution in [-0.4, -0.2) is 46.1 Å². The molecule has 0 saturated carbocycles. The van der Waals surface area contributed by atoms with Crippen LogP contribution in [0.4, 0.5) is 0 Å². The van der Waals surface area contributed by atoms with Crippen molar-refractivity contribution in [1.82, 2.24) is 5.01 Å². The zero-order valence-corrected chi connectivity index (χ0v) is 18.4. The highest BCUT2D eigenvalue weighted by Crippen LogP contribution is 2.22. The largest absolute Gasteiger partial charge is 0.384 e. The first-order valence-corrected chi connectivity index (χ1v) is 10.5. The maximum atomic E-state index is 10.8. The summed E-state index contributed by atoms with van der Waals surface area (Å²) in [4.78, 5) is 0. The standard InChI is InChI=1S/C24H36N3O2/c1-6-7-11-20-14-16-22(17-15-20)24(29)19(3)27(5)25-26(4)18(2)23(28)21-12-9-8-10-13-21/h8-10,12-19,23-24,28-29H,6-7,11H2,1-5H3/q+1. The van der Waals surface area contributed by atoms with Crippen LogP contribution >= 0.6 is 0 Å². The second kappa shape index (κ2) is 11.1. The predicted molar refractivity (Wildman–Crippen MR) is 117 cm³/mol. The van der Waals surface area contributed by atoms with E-state index < -0.39 is 12.2 Å². The van der Waals surface area contributed by atoms with Crippen molar-refractivity contribution in [2.75, 3.05) is 14.1 Å². The number of rotatable bonds is 10. The molecule has 158 valence electrons. The minimum atomic E-state index is -0.647. The monoisotopic (exact) mass is 398 g/mol. The van der Waals surface area contributed by atoms with Gasteiger partial charge in [0.2, 0.25) is 0 Å². The third-order valence-electron chi connectivity index (χ3n) is 5.66. The molecule has 4 unspecified atom stereocenters. The third kappa shape index (κ3) is 6.38. The molecule has 0 fully saturated rings. The Kier molecular flexibility index (Phi) is 8.80. The van der Waals surface area contributed by atoms with Gasteiger partial charge in [0.15, 0.2) is 0 Å². The van der Waals surface area contributed by atoms with Gasteiger partial charge in [0.1, 0.15) is 24.3 Å². The van der Waals surface area contributed by atoms with E-state index in [1.54, 1.807) is 9.71 Å². The summed E-state index contributed by atoms with van der Waals surface area (Å²) < 4.78 is 1.75. The second-order valence-corrected chi connectivity index (χ2v) is 7.86. The fourth-order valence-electron chi connectivity index (χ4n) is 3.26. The van der Waals surface area contributed by atoms with Crippen LogP contribution in [0.2, 0.25) is 0 Å². The lowest BCUT2D eigenvalue weighted by molar-refractivity contribution is -0.622. The quantitative estimate of drug-likeness (QED) is 0.352. The smallest absolute Gasteiger partial charge is 0.144 e. The Bertz CT molecular complexity index is 761. The van der Waals surface area contributed by atoms with Gasteiger partial charge in [-0.3, -0.25) is 0 Å². The van der Waals surface area contributed by atoms with Gasteiger partial charge in [-0.2, -0.15) is 9.71 Å². The van der Waals surface area contributed by atoms with Crippen molar-refractivity contribution in [2.24, 2.45) is 5.22 Å². The number of aryl methyl sites for hydroxylation is 1. The van der Waals surface area contributed by atoms with E-state index in [1.807, 2.05) is 70.4 Å². The zero-order valence-electron chi connectivity index (χ0n) is 18.4. The van der Waals surface area contributed by atoms with Crippen molar-refractivity contribution in [3.8, 4) is 0 Å². The Hall–Kier alpha value is -2.24. The maximum Gasteiger partial charge on any atom is 0.144 e. The molecular formula is C24H36N3O2+. The molecule has 0 radical (unpaired) electrons. The molecule has 0 amide bonds. The summed E-state index contributed by atoms with van der Waals surface area (Å²) in [6, 6.07) is 17.4. The number of aliphatic hydroxyl groups is 2. The molecule has 0 aliphatic heterocycles. The van der Waals surface area contributed by atoms with Crippen molar-refractivity contribution in [2.45, 2.75) is 64.3 Å². The fraction of sp³-hybridized carbons (Fsp3) is 0.500. The van der Waals surface area contributed by atoms with Crippen LogP contribution in [0.3, 0.4) is 0 Å². The Morgan fingerprint density at radius 3 is 2.10 bits per heavy atom. The second-order valence-electron chi connectivity index (χ2n) is 7.86. The Morgan fingerprint density at radius 1 is 0.931 bits per heavy atom. The number of benzene rings is 2. The number of hydrogen-bond acceptors (Lipinski definition) is 3. The Balaban J connectivity index is 2.03. The molecule has 2 rings (SSSR count). The van der Waals surface area contributed by atoms with E-state index in [0.717, 1.165) is 17.5 Å². The zero-order chi connectivity index (χ0) is 21.4. The van der Waals surface area contributed by atoms with Crippen molar-refractivity contribution in [1.29, 1.82) is 0 Å². The summed E-state index contributed by atoms with van der Waals surface area (Å²) in [5.74, 6) is 0. The molecule has 0 saturated heterocycles. The molecule has 5 nitrogen and oxygen atoms in total. The van der Waals surface area contributed by atoms with Crippen LogP contribution in [0, 0.1) is 0 Å². The van der Waals surface area contributed by atoms with Crippen LogP contribution in [-0.2, 0) is 6.42 Å². The van der Waals surface area contributed by atoms with E-state index >= 15 is 0 Å². The summed E-state index contributed by atoms with van der Waals surface area (Å²) in [5.41, 5.74) is 3.05. The lowest BCUT2D eigenvalue weighted by Crippen LogP contribution is -2.34. The number of likely N-dealkylation sites (N-methyl/N-ethyl adjacent to an activating group) is 2. The van der Waals surface area contributed by atoms with Crippen LogP contribution < -0.4 is 0 Å². The summed E-state index contributed by atoms with van der Waals surface area (Å²) in [6.45, 7) is 6.08. The number of hydrogen-bond donors (Lipinski definition) is 2. The molecule has 0 aliphatic carbocycles. The topological polar surface area (TPSA) is 59.1 Å². The lowest BCUT2D eigenvalue weighted by atomic mass is 10.0. The molecule has 29 heavy (non-hydrogen) atoms. The van der Waals surface area contributed by atoms with Gasteiger partial charge in [0, 0.05) is 0 Å². The first kappa shape index (κ1) is 23.0. The lowest BCUT2D eigenvalue weighted by Gasteiger charge is -2.23. The summed E-state index contributed by atoms with van der Waals surface area (Å²) in [7, 11) is 3.69. The summed E-state index contributed by atoms with van der Waals surface area (Å²) in [6.07, 6.45) is 2.14. The first-order valence-electron chi connectivity index (χ1n) is 10.5. The average Bonchev–Trinajstić information content (AvgIpc) is 2.76. The number of aliphatic hydroxyl groups excluding tert-OH is 2. The van der Waals surface area contributed by atoms with Crippen molar-refractivity contribution in [3.63, 3.8) is 0 Å². The fourth-order valence-corrected chi connectivity index (χ4v) is 3.26. The molecule has 2 aromatic rings. The highest BCUT2D eigenvalue weighted by molar-refractivity contribution is 5.24. The van der Waals surface area contributed by atoms with Gasteiger partial charge >= 0.3 is 0 Å². The Morgan fingerprint density at radius 2 is 1.52 bits per heavy atom.